The summed E-state index contributed by atoms with van der Waals surface area (Å²) < 4.78 is 0. The highest BCUT2D eigenvalue weighted by Crippen LogP contribution is 2.09. The first kappa shape index (κ1) is 13.2. The molecule has 0 bridgehead atoms. The van der Waals surface area contributed by atoms with Crippen molar-refractivity contribution < 1.29 is 9.59 Å². The quantitative estimate of drug-likeness (QED) is 0.815. The number of carbonyl (C=O) groups excluding carboxylic acids is 2. The van der Waals surface area contributed by atoms with Crippen LogP contribution in [0.4, 0.5) is 5.69 Å². The van der Waals surface area contributed by atoms with Gasteiger partial charge in [0.25, 0.3) is 0 Å². The van der Waals surface area contributed by atoms with Crippen LogP contribution in [0.2, 0.25) is 0 Å². The van der Waals surface area contributed by atoms with E-state index >= 15 is 0 Å². The Labute approximate surface area is 101 Å². The third-order valence-electron chi connectivity index (χ3n) is 2.41. The number of hydrogen-bond donors (Lipinski definition) is 2. The van der Waals surface area contributed by atoms with Crippen LogP contribution in [0.1, 0.15) is 25.8 Å². The van der Waals surface area contributed by atoms with Crippen LogP contribution >= 0.6 is 0 Å². The van der Waals surface area contributed by atoms with Crippen molar-refractivity contribution in [1.82, 2.24) is 5.32 Å². The van der Waals surface area contributed by atoms with Crippen molar-refractivity contribution in [2.24, 2.45) is 0 Å². The van der Waals surface area contributed by atoms with Crippen LogP contribution in [0.15, 0.2) is 24.3 Å². The molecule has 0 unspecified atom stereocenters. The van der Waals surface area contributed by atoms with Crippen molar-refractivity contribution in [1.29, 1.82) is 0 Å². The Morgan fingerprint density at radius 3 is 2.24 bits per heavy atom. The van der Waals surface area contributed by atoms with Gasteiger partial charge in [-0.3, -0.25) is 9.59 Å². The third-order valence-corrected chi connectivity index (χ3v) is 2.41. The molecule has 4 nitrogen and oxygen atoms in total. The number of hydrogen-bond acceptors (Lipinski definition) is 2. The van der Waals surface area contributed by atoms with E-state index in [-0.39, 0.29) is 18.4 Å². The Hall–Kier alpha value is -1.84. The maximum absolute atomic E-state index is 11.5. The number of nitrogens with one attached hydrogen (secondary N) is 2. The second-order valence-corrected chi connectivity index (χ2v) is 3.73. The number of rotatable bonds is 5. The first-order valence-corrected chi connectivity index (χ1v) is 5.81. The fourth-order valence-corrected chi connectivity index (χ4v) is 1.33. The normalized spacial score (nSPS) is 9.76. The molecule has 0 radical (unpaired) electrons. The van der Waals surface area contributed by atoms with Gasteiger partial charge in [0.15, 0.2) is 0 Å². The Morgan fingerprint density at radius 1 is 1.06 bits per heavy atom. The van der Waals surface area contributed by atoms with E-state index in [9.17, 15) is 9.59 Å². The third kappa shape index (κ3) is 4.68. The first-order chi connectivity index (χ1) is 8.15. The molecule has 1 aromatic carbocycles. The van der Waals surface area contributed by atoms with Gasteiger partial charge in [0, 0.05) is 12.1 Å². The van der Waals surface area contributed by atoms with Gasteiger partial charge in [-0.1, -0.05) is 26.0 Å². The summed E-state index contributed by atoms with van der Waals surface area (Å²) in [6, 6.07) is 7.66. The molecule has 2 N–H and O–H groups in total. The van der Waals surface area contributed by atoms with E-state index in [4.69, 9.17) is 0 Å². The molecule has 17 heavy (non-hydrogen) atoms. The molecule has 0 aliphatic carbocycles. The fraction of sp³-hybridized carbons (Fsp3) is 0.385. The Morgan fingerprint density at radius 2 is 1.71 bits per heavy atom. The summed E-state index contributed by atoms with van der Waals surface area (Å²) in [4.78, 5) is 22.4. The minimum atomic E-state index is -0.212. The monoisotopic (exact) mass is 234 g/mol. The molecule has 0 aromatic heterocycles. The minimum Gasteiger partial charge on any atom is -0.347 e. The van der Waals surface area contributed by atoms with Crippen LogP contribution in [-0.4, -0.2) is 18.4 Å². The molecule has 0 aliphatic heterocycles. The number of carbonyl (C=O) groups is 2. The van der Waals surface area contributed by atoms with Crippen LogP contribution in [0.25, 0.3) is 0 Å². The Kier molecular flexibility index (Phi) is 5.20. The molecular formula is C13H18N2O2. The van der Waals surface area contributed by atoms with E-state index < -0.39 is 0 Å². The van der Waals surface area contributed by atoms with E-state index in [1.54, 1.807) is 6.92 Å². The predicted molar refractivity (Wildman–Crippen MR) is 67.8 cm³/mol. The van der Waals surface area contributed by atoms with E-state index in [1.807, 2.05) is 24.3 Å². The number of amides is 2. The summed E-state index contributed by atoms with van der Waals surface area (Å²) in [5, 5.41) is 5.24. The Balaban J connectivity index is 2.42. The van der Waals surface area contributed by atoms with Gasteiger partial charge < -0.3 is 10.6 Å². The predicted octanol–water partition coefficient (Wildman–Crippen LogP) is 1.71. The second-order valence-electron chi connectivity index (χ2n) is 3.73. The van der Waals surface area contributed by atoms with Crippen molar-refractivity contribution in [3.8, 4) is 0 Å². The standard InChI is InChI=1S/C13H18N2O2/c1-3-10-5-7-11(8-6-10)15-13(17)9-14-12(16)4-2/h5-8H,3-4,9H2,1-2H3,(H,14,16)(H,15,17). The highest BCUT2D eigenvalue weighted by atomic mass is 16.2. The lowest BCUT2D eigenvalue weighted by atomic mass is 10.1. The number of anilines is 1. The summed E-state index contributed by atoms with van der Waals surface area (Å²) in [5.74, 6) is -0.336. The Bertz CT molecular complexity index is 385. The summed E-state index contributed by atoms with van der Waals surface area (Å²) in [6.45, 7) is 3.84. The largest absolute Gasteiger partial charge is 0.347 e. The van der Waals surface area contributed by atoms with E-state index in [0.29, 0.717) is 6.42 Å². The van der Waals surface area contributed by atoms with Gasteiger partial charge in [0.1, 0.15) is 0 Å². The maximum Gasteiger partial charge on any atom is 0.243 e. The second kappa shape index (κ2) is 6.68. The van der Waals surface area contributed by atoms with Gasteiger partial charge in [-0.05, 0) is 24.1 Å². The van der Waals surface area contributed by atoms with Gasteiger partial charge in [0.05, 0.1) is 6.54 Å². The van der Waals surface area contributed by atoms with Crippen LogP contribution in [-0.2, 0) is 16.0 Å². The van der Waals surface area contributed by atoms with Crippen molar-refractivity contribution in [2.45, 2.75) is 26.7 Å². The molecule has 0 atom stereocenters. The zero-order chi connectivity index (χ0) is 12.7. The number of benzene rings is 1. The lowest BCUT2D eigenvalue weighted by molar-refractivity contribution is -0.123. The van der Waals surface area contributed by atoms with Gasteiger partial charge >= 0.3 is 0 Å². The highest BCUT2D eigenvalue weighted by Gasteiger charge is 2.03. The molecule has 0 saturated heterocycles. The van der Waals surface area contributed by atoms with Gasteiger partial charge in [0.2, 0.25) is 11.8 Å². The van der Waals surface area contributed by atoms with E-state index in [0.717, 1.165) is 12.1 Å². The fourth-order valence-electron chi connectivity index (χ4n) is 1.33. The van der Waals surface area contributed by atoms with E-state index in [2.05, 4.69) is 17.6 Å². The smallest absolute Gasteiger partial charge is 0.243 e. The molecule has 0 spiro atoms. The van der Waals surface area contributed by atoms with Crippen molar-refractivity contribution in [2.75, 3.05) is 11.9 Å². The zero-order valence-electron chi connectivity index (χ0n) is 10.2. The van der Waals surface area contributed by atoms with Crippen LogP contribution in [0.3, 0.4) is 0 Å². The topological polar surface area (TPSA) is 58.2 Å². The summed E-state index contributed by atoms with van der Waals surface area (Å²) in [6.07, 6.45) is 1.36. The van der Waals surface area contributed by atoms with Gasteiger partial charge in [-0.2, -0.15) is 0 Å². The van der Waals surface area contributed by atoms with Crippen LogP contribution in [0.5, 0.6) is 0 Å². The minimum absolute atomic E-state index is 0.0161. The van der Waals surface area contributed by atoms with Gasteiger partial charge in [-0.15, -0.1) is 0 Å². The van der Waals surface area contributed by atoms with Gasteiger partial charge in [-0.25, -0.2) is 0 Å². The van der Waals surface area contributed by atoms with Crippen molar-refractivity contribution in [3.05, 3.63) is 29.8 Å². The number of aryl methyl sites for hydroxylation is 1. The highest BCUT2D eigenvalue weighted by molar-refractivity contribution is 5.94. The lowest BCUT2D eigenvalue weighted by Gasteiger charge is -2.06. The molecular weight excluding hydrogens is 216 g/mol. The van der Waals surface area contributed by atoms with Crippen LogP contribution in [0, 0.1) is 0 Å². The molecule has 1 rings (SSSR count). The molecule has 4 heteroatoms. The van der Waals surface area contributed by atoms with E-state index in [1.165, 1.54) is 5.56 Å². The molecule has 0 saturated carbocycles. The average molecular weight is 234 g/mol. The van der Waals surface area contributed by atoms with Crippen molar-refractivity contribution >= 4 is 17.5 Å². The van der Waals surface area contributed by atoms with Crippen molar-refractivity contribution in [3.63, 3.8) is 0 Å². The van der Waals surface area contributed by atoms with Crippen LogP contribution < -0.4 is 10.6 Å². The zero-order valence-corrected chi connectivity index (χ0v) is 10.2. The SMILES string of the molecule is CCC(=O)NCC(=O)Nc1ccc(CC)cc1. The first-order valence-electron chi connectivity index (χ1n) is 5.81. The molecule has 1 aromatic rings. The molecule has 0 fully saturated rings. The summed E-state index contributed by atoms with van der Waals surface area (Å²) in [7, 11) is 0. The molecule has 0 heterocycles. The summed E-state index contributed by atoms with van der Waals surface area (Å²) >= 11 is 0. The molecule has 0 aliphatic rings. The maximum atomic E-state index is 11.5. The average Bonchev–Trinajstić information content (AvgIpc) is 2.36. The lowest BCUT2D eigenvalue weighted by Crippen LogP contribution is -2.32. The molecule has 2 amide bonds. The summed E-state index contributed by atoms with van der Waals surface area (Å²) in [5.41, 5.74) is 1.97. The molecule has 92 valence electrons.